The molecule has 0 saturated carbocycles. The second-order valence-electron chi connectivity index (χ2n) is 5.59. The number of hydrogen-bond acceptors (Lipinski definition) is 6. The topological polar surface area (TPSA) is 95.1 Å². The fourth-order valence-corrected chi connectivity index (χ4v) is 2.44. The summed E-state index contributed by atoms with van der Waals surface area (Å²) in [7, 11) is 0. The highest BCUT2D eigenvalue weighted by atomic mass is 19.4. The van der Waals surface area contributed by atoms with Crippen LogP contribution in [0.4, 0.5) is 19.0 Å². The van der Waals surface area contributed by atoms with Gasteiger partial charge in [0.2, 0.25) is 5.89 Å². The van der Waals surface area contributed by atoms with Crippen LogP contribution in [0.1, 0.15) is 11.3 Å². The summed E-state index contributed by atoms with van der Waals surface area (Å²) in [5.74, 6) is -0.198. The number of alkyl halides is 3. The number of nitrogen functional groups attached to an aromatic ring is 1. The molecular weight excluding hydrogens is 349 g/mol. The van der Waals surface area contributed by atoms with E-state index in [1.54, 1.807) is 18.3 Å². The molecule has 0 atom stereocenters. The van der Waals surface area contributed by atoms with Crippen LogP contribution in [0, 0.1) is 6.92 Å². The fourth-order valence-electron chi connectivity index (χ4n) is 2.44. The summed E-state index contributed by atoms with van der Waals surface area (Å²) in [6.07, 6.45) is -0.432. The summed E-state index contributed by atoms with van der Waals surface area (Å²) in [6, 6.07) is 4.48. The summed E-state index contributed by atoms with van der Waals surface area (Å²) < 4.78 is 46.0. The van der Waals surface area contributed by atoms with Gasteiger partial charge in [0.25, 0.3) is 0 Å². The Labute approximate surface area is 144 Å². The van der Waals surface area contributed by atoms with Gasteiger partial charge >= 0.3 is 12.0 Å². The van der Waals surface area contributed by atoms with Gasteiger partial charge in [0.1, 0.15) is 5.82 Å². The summed E-state index contributed by atoms with van der Waals surface area (Å²) in [5.41, 5.74) is 6.24. The maximum Gasteiger partial charge on any atom is 0.419 e. The van der Waals surface area contributed by atoms with Crippen molar-refractivity contribution in [2.75, 3.05) is 5.73 Å². The van der Waals surface area contributed by atoms with E-state index in [0.717, 1.165) is 11.8 Å². The monoisotopic (exact) mass is 360 g/mol. The van der Waals surface area contributed by atoms with E-state index >= 15 is 0 Å². The van der Waals surface area contributed by atoms with Crippen molar-refractivity contribution in [2.24, 2.45) is 0 Å². The molecule has 10 heteroatoms. The number of nitrogens with two attached hydrogens (primary N) is 1. The third kappa shape index (κ3) is 2.65. The van der Waals surface area contributed by atoms with E-state index in [9.17, 15) is 13.2 Å². The molecule has 0 aromatic carbocycles. The molecule has 4 aromatic rings. The number of hydrogen-bond donors (Lipinski definition) is 1. The van der Waals surface area contributed by atoms with Crippen LogP contribution in [-0.2, 0) is 6.18 Å². The number of nitrogens with zero attached hydrogens (tertiary/aromatic N) is 5. The van der Waals surface area contributed by atoms with Gasteiger partial charge in [0, 0.05) is 23.7 Å². The van der Waals surface area contributed by atoms with Gasteiger partial charge in [0.15, 0.2) is 0 Å². The number of rotatable bonds is 2. The Kier molecular flexibility index (Phi) is 3.43. The first-order valence-electron chi connectivity index (χ1n) is 7.43. The Morgan fingerprint density at radius 1 is 1.04 bits per heavy atom. The van der Waals surface area contributed by atoms with Gasteiger partial charge in [0.05, 0.1) is 23.0 Å². The van der Waals surface area contributed by atoms with Gasteiger partial charge in [-0.2, -0.15) is 17.7 Å². The first-order valence-corrected chi connectivity index (χ1v) is 7.43. The standard InChI is InChI=1S/C16H11F3N6O/c1-8-2-3-9(5-21-8)14-24-25-12(7-23-15(25)26-14)10-4-11(16(17,18)19)13(20)22-6-10/h2-7H,1H3,(H2,20,22). The molecule has 4 rings (SSSR count). The zero-order valence-corrected chi connectivity index (χ0v) is 13.3. The molecule has 0 bridgehead atoms. The largest absolute Gasteiger partial charge is 0.419 e. The number of pyridine rings is 2. The van der Waals surface area contributed by atoms with Crippen LogP contribution in [0.15, 0.2) is 41.2 Å². The molecule has 7 nitrogen and oxygen atoms in total. The molecule has 132 valence electrons. The first-order chi connectivity index (χ1) is 12.3. The van der Waals surface area contributed by atoms with Crippen molar-refractivity contribution in [1.29, 1.82) is 0 Å². The van der Waals surface area contributed by atoms with Crippen LogP contribution in [0.2, 0.25) is 0 Å². The van der Waals surface area contributed by atoms with E-state index in [-0.39, 0.29) is 17.3 Å². The van der Waals surface area contributed by atoms with Crippen LogP contribution in [0.25, 0.3) is 28.6 Å². The molecule has 26 heavy (non-hydrogen) atoms. The van der Waals surface area contributed by atoms with Crippen LogP contribution in [-0.4, -0.2) is 24.6 Å². The van der Waals surface area contributed by atoms with Gasteiger partial charge in [-0.3, -0.25) is 4.98 Å². The summed E-state index contributed by atoms with van der Waals surface area (Å²) in [6.45, 7) is 1.84. The molecule has 4 aromatic heterocycles. The summed E-state index contributed by atoms with van der Waals surface area (Å²) >= 11 is 0. The maximum atomic E-state index is 13.1. The van der Waals surface area contributed by atoms with Gasteiger partial charge in [-0.05, 0) is 25.1 Å². The van der Waals surface area contributed by atoms with Crippen molar-refractivity contribution in [2.45, 2.75) is 13.1 Å². The lowest BCUT2D eigenvalue weighted by atomic mass is 10.1. The summed E-state index contributed by atoms with van der Waals surface area (Å²) in [5, 5.41) is 4.27. The minimum absolute atomic E-state index is 0.140. The average Bonchev–Trinajstić information content (AvgIpc) is 3.15. The lowest BCUT2D eigenvalue weighted by molar-refractivity contribution is -0.137. The van der Waals surface area contributed by atoms with Gasteiger partial charge < -0.3 is 10.2 Å². The lowest BCUT2D eigenvalue weighted by Crippen LogP contribution is -2.10. The SMILES string of the molecule is Cc1ccc(-c2nn3c(-c4cnc(N)c(C(F)(F)F)c4)cnc3o2)cn1. The number of anilines is 1. The molecule has 4 heterocycles. The summed E-state index contributed by atoms with van der Waals surface area (Å²) in [4.78, 5) is 11.8. The Balaban J connectivity index is 1.82. The zero-order chi connectivity index (χ0) is 18.5. The van der Waals surface area contributed by atoms with Crippen molar-refractivity contribution in [3.05, 3.63) is 48.0 Å². The molecule has 2 N–H and O–H groups in total. The van der Waals surface area contributed by atoms with E-state index in [2.05, 4.69) is 20.1 Å². The molecule has 0 aliphatic carbocycles. The van der Waals surface area contributed by atoms with E-state index in [1.165, 1.54) is 16.9 Å². The number of fused-ring (bicyclic) bond motifs is 1. The quantitative estimate of drug-likeness (QED) is 0.589. The van der Waals surface area contributed by atoms with Crippen LogP contribution in [0.5, 0.6) is 0 Å². The molecule has 0 unspecified atom stereocenters. The normalized spacial score (nSPS) is 12.0. The molecule has 0 aliphatic rings. The minimum atomic E-state index is -4.61. The molecule has 0 saturated heterocycles. The number of aryl methyl sites for hydroxylation is 1. The second-order valence-corrected chi connectivity index (χ2v) is 5.59. The average molecular weight is 360 g/mol. The van der Waals surface area contributed by atoms with E-state index in [4.69, 9.17) is 10.2 Å². The fraction of sp³-hybridized carbons (Fsp3) is 0.125. The van der Waals surface area contributed by atoms with Gasteiger partial charge in [-0.1, -0.05) is 0 Å². The molecular formula is C16H11F3N6O. The highest BCUT2D eigenvalue weighted by Gasteiger charge is 2.34. The Morgan fingerprint density at radius 2 is 1.81 bits per heavy atom. The third-order valence-corrected chi connectivity index (χ3v) is 3.76. The van der Waals surface area contributed by atoms with Crippen LogP contribution >= 0.6 is 0 Å². The maximum absolute atomic E-state index is 13.1. The van der Waals surface area contributed by atoms with Crippen molar-refractivity contribution in [3.8, 4) is 22.7 Å². The second kappa shape index (κ2) is 5.55. The van der Waals surface area contributed by atoms with Crippen molar-refractivity contribution >= 4 is 11.7 Å². The predicted molar refractivity (Wildman–Crippen MR) is 85.9 cm³/mol. The molecule has 0 spiro atoms. The highest BCUT2D eigenvalue weighted by Crippen LogP contribution is 2.35. The van der Waals surface area contributed by atoms with E-state index in [0.29, 0.717) is 11.3 Å². The van der Waals surface area contributed by atoms with E-state index < -0.39 is 17.6 Å². The zero-order valence-electron chi connectivity index (χ0n) is 13.3. The smallest absolute Gasteiger partial charge is 0.403 e. The lowest BCUT2D eigenvalue weighted by Gasteiger charge is -2.10. The number of aromatic nitrogens is 5. The van der Waals surface area contributed by atoms with Crippen molar-refractivity contribution < 1.29 is 17.6 Å². The van der Waals surface area contributed by atoms with Gasteiger partial charge in [-0.25, -0.2) is 9.97 Å². The van der Waals surface area contributed by atoms with Crippen molar-refractivity contribution in [1.82, 2.24) is 24.6 Å². The van der Waals surface area contributed by atoms with Crippen LogP contribution < -0.4 is 5.73 Å². The van der Waals surface area contributed by atoms with Crippen LogP contribution in [0.3, 0.4) is 0 Å². The Hall–Kier alpha value is -3.43. The highest BCUT2D eigenvalue weighted by molar-refractivity contribution is 5.65. The third-order valence-electron chi connectivity index (χ3n) is 3.76. The molecule has 0 radical (unpaired) electrons. The molecule has 0 aliphatic heterocycles. The predicted octanol–water partition coefficient (Wildman–Crippen LogP) is 3.36. The number of imidazole rings is 1. The Morgan fingerprint density at radius 3 is 2.50 bits per heavy atom. The minimum Gasteiger partial charge on any atom is -0.403 e. The van der Waals surface area contributed by atoms with E-state index in [1.807, 2.05) is 6.92 Å². The first kappa shape index (κ1) is 16.1. The Bertz CT molecular complexity index is 1100. The number of halogens is 3. The van der Waals surface area contributed by atoms with Gasteiger partial charge in [-0.15, -0.1) is 5.10 Å². The molecule has 0 fully saturated rings. The molecule has 0 amide bonds. The van der Waals surface area contributed by atoms with Crippen molar-refractivity contribution in [3.63, 3.8) is 0 Å².